The first kappa shape index (κ1) is 30.9. The zero-order valence-corrected chi connectivity index (χ0v) is 25.0. The Balaban J connectivity index is 1.36. The first-order valence-corrected chi connectivity index (χ1v) is 13.8. The second-order valence-electron chi connectivity index (χ2n) is 10.7. The van der Waals surface area contributed by atoms with E-state index in [-0.39, 0.29) is 13.1 Å². The standard InChI is InChI=1S/C34H36N2O7/c1-24-30(35-32(41-24)26-10-7-6-8-11-26)12-9-21-40-28-15-13-25(14-16-28)22-36(23-31(37)43-34(2,3)4)33(38)42-29-19-17-27(39-5)18-20-29/h6-20H,21-23H2,1-5H3/b12-9-. The lowest BCUT2D eigenvalue weighted by Crippen LogP contribution is -2.39. The highest BCUT2D eigenvalue weighted by molar-refractivity contribution is 5.79. The van der Waals surface area contributed by atoms with Crippen LogP contribution in [0.4, 0.5) is 4.79 Å². The molecule has 1 aromatic heterocycles. The number of methoxy groups -OCH3 is 1. The van der Waals surface area contributed by atoms with Gasteiger partial charge in [-0.1, -0.05) is 30.3 Å². The number of carbonyl (C=O) groups is 2. The van der Waals surface area contributed by atoms with E-state index in [4.69, 9.17) is 23.4 Å². The molecule has 1 heterocycles. The van der Waals surface area contributed by atoms with Crippen LogP contribution in [0.1, 0.15) is 37.8 Å². The molecule has 0 spiro atoms. The van der Waals surface area contributed by atoms with E-state index in [0.717, 1.165) is 22.6 Å². The van der Waals surface area contributed by atoms with Crippen LogP contribution < -0.4 is 14.2 Å². The molecule has 9 nitrogen and oxygen atoms in total. The normalized spacial score (nSPS) is 11.3. The van der Waals surface area contributed by atoms with Crippen LogP contribution in [-0.2, 0) is 16.1 Å². The highest BCUT2D eigenvalue weighted by Gasteiger charge is 2.24. The number of rotatable bonds is 11. The molecular formula is C34H36N2O7. The topological polar surface area (TPSA) is 100 Å². The molecule has 0 aliphatic heterocycles. The maximum Gasteiger partial charge on any atom is 0.416 e. The Hall–Kier alpha value is -5.05. The molecule has 0 N–H and O–H groups in total. The number of nitrogens with zero attached hydrogens (tertiary/aromatic N) is 2. The molecule has 0 radical (unpaired) electrons. The lowest BCUT2D eigenvalue weighted by molar-refractivity contribution is -0.155. The van der Waals surface area contributed by atoms with Gasteiger partial charge in [0.15, 0.2) is 0 Å². The predicted molar refractivity (Wildman–Crippen MR) is 163 cm³/mol. The minimum absolute atomic E-state index is 0.129. The number of hydrogen-bond donors (Lipinski definition) is 0. The molecule has 4 rings (SSSR count). The van der Waals surface area contributed by atoms with Gasteiger partial charge in [-0.3, -0.25) is 9.69 Å². The van der Waals surface area contributed by atoms with Crippen molar-refractivity contribution in [1.29, 1.82) is 0 Å². The summed E-state index contributed by atoms with van der Waals surface area (Å²) >= 11 is 0. The number of aromatic nitrogens is 1. The number of ether oxygens (including phenoxy) is 4. The van der Waals surface area contributed by atoms with Crippen molar-refractivity contribution in [3.63, 3.8) is 0 Å². The van der Waals surface area contributed by atoms with Crippen molar-refractivity contribution in [2.24, 2.45) is 0 Å². The average Bonchev–Trinajstić information content (AvgIpc) is 3.35. The van der Waals surface area contributed by atoms with E-state index in [1.165, 1.54) is 4.90 Å². The number of carbonyl (C=O) groups excluding carboxylic acids is 2. The Morgan fingerprint density at radius 3 is 2.21 bits per heavy atom. The summed E-state index contributed by atoms with van der Waals surface area (Å²) < 4.78 is 27.7. The van der Waals surface area contributed by atoms with Crippen molar-refractivity contribution in [2.75, 3.05) is 20.3 Å². The van der Waals surface area contributed by atoms with Crippen LogP contribution in [0.5, 0.6) is 17.2 Å². The van der Waals surface area contributed by atoms with Crippen LogP contribution in [0.2, 0.25) is 0 Å². The number of esters is 1. The summed E-state index contributed by atoms with van der Waals surface area (Å²) in [6.45, 7) is 7.37. The zero-order chi connectivity index (χ0) is 30.8. The monoisotopic (exact) mass is 584 g/mol. The Bertz CT molecular complexity index is 1520. The van der Waals surface area contributed by atoms with Gasteiger partial charge in [0.2, 0.25) is 5.89 Å². The predicted octanol–water partition coefficient (Wildman–Crippen LogP) is 7.09. The third-order valence-electron chi connectivity index (χ3n) is 6.03. The SMILES string of the molecule is COc1ccc(OC(=O)N(CC(=O)OC(C)(C)C)Cc2ccc(OC/C=C\c3nc(-c4ccccc4)oc3C)cc2)cc1. The highest BCUT2D eigenvalue weighted by atomic mass is 16.6. The zero-order valence-electron chi connectivity index (χ0n) is 25.0. The molecule has 9 heteroatoms. The molecule has 0 fully saturated rings. The first-order valence-electron chi connectivity index (χ1n) is 13.8. The van der Waals surface area contributed by atoms with Gasteiger partial charge in [0, 0.05) is 12.1 Å². The first-order chi connectivity index (χ1) is 20.6. The van der Waals surface area contributed by atoms with Gasteiger partial charge in [0.1, 0.15) is 47.5 Å². The smallest absolute Gasteiger partial charge is 0.416 e. The van der Waals surface area contributed by atoms with Gasteiger partial charge in [-0.15, -0.1) is 0 Å². The Morgan fingerprint density at radius 2 is 1.56 bits per heavy atom. The van der Waals surface area contributed by atoms with Gasteiger partial charge in [0.05, 0.1) is 7.11 Å². The second kappa shape index (κ2) is 14.2. The van der Waals surface area contributed by atoms with E-state index >= 15 is 0 Å². The van der Waals surface area contributed by atoms with E-state index in [1.54, 1.807) is 64.3 Å². The molecule has 0 aliphatic rings. The fraction of sp³-hybridized carbons (Fsp3) is 0.265. The summed E-state index contributed by atoms with van der Waals surface area (Å²) in [5.41, 5.74) is 1.75. The third-order valence-corrected chi connectivity index (χ3v) is 6.03. The molecule has 4 aromatic rings. The van der Waals surface area contributed by atoms with Crippen molar-refractivity contribution >= 4 is 18.1 Å². The van der Waals surface area contributed by atoms with Crippen molar-refractivity contribution in [3.8, 4) is 28.7 Å². The molecular weight excluding hydrogens is 548 g/mol. The number of aryl methyl sites for hydroxylation is 1. The van der Waals surface area contributed by atoms with Crippen LogP contribution in [0.15, 0.2) is 89.4 Å². The highest BCUT2D eigenvalue weighted by Crippen LogP contribution is 2.23. The second-order valence-corrected chi connectivity index (χ2v) is 10.7. The maximum atomic E-state index is 13.1. The van der Waals surface area contributed by atoms with Gasteiger partial charge in [-0.2, -0.15) is 0 Å². The van der Waals surface area contributed by atoms with Gasteiger partial charge in [-0.05, 0) is 93.9 Å². The fourth-order valence-corrected chi connectivity index (χ4v) is 4.01. The van der Waals surface area contributed by atoms with Gasteiger partial charge >= 0.3 is 12.1 Å². The minimum Gasteiger partial charge on any atom is -0.497 e. The van der Waals surface area contributed by atoms with Crippen molar-refractivity contribution in [1.82, 2.24) is 9.88 Å². The summed E-state index contributed by atoms with van der Waals surface area (Å²) in [6.07, 6.45) is 3.05. The number of benzene rings is 3. The summed E-state index contributed by atoms with van der Waals surface area (Å²) in [6, 6.07) is 23.6. The van der Waals surface area contributed by atoms with E-state index < -0.39 is 17.7 Å². The Morgan fingerprint density at radius 1 is 0.907 bits per heavy atom. The van der Waals surface area contributed by atoms with Crippen LogP contribution >= 0.6 is 0 Å². The van der Waals surface area contributed by atoms with E-state index in [1.807, 2.05) is 61.5 Å². The average molecular weight is 585 g/mol. The summed E-state index contributed by atoms with van der Waals surface area (Å²) in [7, 11) is 1.55. The van der Waals surface area contributed by atoms with Gasteiger partial charge in [0.25, 0.3) is 0 Å². The van der Waals surface area contributed by atoms with Crippen LogP contribution in [-0.4, -0.2) is 47.8 Å². The molecule has 43 heavy (non-hydrogen) atoms. The molecule has 0 bridgehead atoms. The van der Waals surface area contributed by atoms with E-state index in [0.29, 0.717) is 29.7 Å². The molecule has 0 saturated carbocycles. The number of hydrogen-bond acceptors (Lipinski definition) is 8. The molecule has 3 aromatic carbocycles. The minimum atomic E-state index is -0.688. The van der Waals surface area contributed by atoms with Crippen molar-refractivity contribution < 1.29 is 33.0 Å². The van der Waals surface area contributed by atoms with Crippen LogP contribution in [0.3, 0.4) is 0 Å². The van der Waals surface area contributed by atoms with E-state index in [2.05, 4.69) is 4.98 Å². The lowest BCUT2D eigenvalue weighted by atomic mass is 10.2. The Labute approximate surface area is 251 Å². The number of amides is 1. The molecule has 1 amide bonds. The van der Waals surface area contributed by atoms with Gasteiger partial charge in [-0.25, -0.2) is 9.78 Å². The number of oxazole rings is 1. The fourth-order valence-electron chi connectivity index (χ4n) is 4.01. The van der Waals surface area contributed by atoms with E-state index in [9.17, 15) is 9.59 Å². The van der Waals surface area contributed by atoms with Crippen molar-refractivity contribution in [2.45, 2.75) is 39.8 Å². The summed E-state index contributed by atoms with van der Waals surface area (Å²) in [5.74, 6) is 2.37. The maximum absolute atomic E-state index is 13.1. The molecule has 0 unspecified atom stereocenters. The van der Waals surface area contributed by atoms with Crippen LogP contribution in [0, 0.1) is 6.92 Å². The summed E-state index contributed by atoms with van der Waals surface area (Å²) in [5, 5.41) is 0. The third kappa shape index (κ3) is 9.49. The summed E-state index contributed by atoms with van der Waals surface area (Å²) in [4.78, 5) is 31.5. The largest absolute Gasteiger partial charge is 0.497 e. The van der Waals surface area contributed by atoms with Crippen LogP contribution in [0.25, 0.3) is 17.5 Å². The van der Waals surface area contributed by atoms with Gasteiger partial charge < -0.3 is 23.4 Å². The molecule has 0 saturated heterocycles. The lowest BCUT2D eigenvalue weighted by Gasteiger charge is -2.25. The molecule has 0 aliphatic carbocycles. The van der Waals surface area contributed by atoms with Crippen molar-refractivity contribution in [3.05, 3.63) is 102 Å². The molecule has 0 atom stereocenters. The quantitative estimate of drug-likeness (QED) is 0.172. The Kier molecular flexibility index (Phi) is 10.2. The molecule has 224 valence electrons.